The van der Waals surface area contributed by atoms with Gasteiger partial charge in [-0.1, -0.05) is 19.6 Å². The van der Waals surface area contributed by atoms with Crippen LogP contribution >= 0.6 is 0 Å². The van der Waals surface area contributed by atoms with Gasteiger partial charge in [-0.25, -0.2) is 13.6 Å². The first-order valence-corrected chi connectivity index (χ1v) is 11.1. The molecule has 3 N–H and O–H groups in total. The number of ketones is 1. The third-order valence-electron chi connectivity index (χ3n) is 4.61. The third kappa shape index (κ3) is 21.5. The second kappa shape index (κ2) is 26.0. The van der Waals surface area contributed by atoms with Gasteiger partial charge in [-0.3, -0.25) is 19.2 Å². The Hall–Kier alpha value is -2.94. The van der Waals surface area contributed by atoms with Crippen LogP contribution in [0.1, 0.15) is 51.5 Å². The van der Waals surface area contributed by atoms with Crippen molar-refractivity contribution >= 4 is 53.2 Å². The average molecular weight is 660 g/mol. The molecule has 0 heterocycles. The summed E-state index contributed by atoms with van der Waals surface area (Å²) in [6.45, 7) is -0.0712. The molecule has 1 atom stereocenters. The number of hydrogen-bond donors (Lipinski definition) is 3. The Morgan fingerprint density at radius 3 is 1.80 bits per heavy atom. The number of esters is 1. The normalized spacial score (nSPS) is 10.4. The number of hydrogen-bond acceptors (Lipinski definition) is 8. The molecule has 0 saturated carbocycles. The molecule has 2 aromatic rings. The van der Waals surface area contributed by atoms with E-state index in [1.54, 1.807) is 0 Å². The van der Waals surface area contributed by atoms with Crippen LogP contribution in [0, 0.1) is 17.7 Å². The van der Waals surface area contributed by atoms with Crippen molar-refractivity contribution < 1.29 is 74.5 Å². The number of methoxy groups -OCH3 is 1. The smallest absolute Gasteiger partial charge is 1.00 e. The number of carbonyl (C=O) groups excluding carboxylic acids is 3. The predicted molar refractivity (Wildman–Crippen MR) is 140 cm³/mol. The monoisotopic (exact) mass is 658 g/mol. The number of rotatable bonds is 13. The van der Waals surface area contributed by atoms with Crippen LogP contribution in [0.4, 0.5) is 8.78 Å². The maximum absolute atomic E-state index is 12.8. The Morgan fingerprint density at radius 1 is 0.902 bits per heavy atom. The number of Topliss-reactive ketones (excluding diaryl/α,β-unsaturated/α-hetero) is 1. The molecule has 2 aromatic carbocycles. The Balaban J connectivity index is -0.000000268. The summed E-state index contributed by atoms with van der Waals surface area (Å²) in [5, 5.41) is 27.1. The van der Waals surface area contributed by atoms with Crippen molar-refractivity contribution in [3.63, 3.8) is 0 Å². The van der Waals surface area contributed by atoms with Gasteiger partial charge in [-0.2, -0.15) is 18.2 Å². The molecule has 14 heteroatoms. The summed E-state index contributed by atoms with van der Waals surface area (Å²) in [5.41, 5.74) is -1.79. The van der Waals surface area contributed by atoms with E-state index in [0.717, 1.165) is 19.2 Å². The molecule has 0 aliphatic carbocycles. The Bertz CT molecular complexity index is 1030. The van der Waals surface area contributed by atoms with Crippen molar-refractivity contribution in [1.29, 1.82) is 0 Å². The second-order valence-electron chi connectivity index (χ2n) is 7.52. The SMILES string of the molecule is C.COC(=O)C(O)(CCCC(=O)O)c1ccc(F)cc1.Fc1cc[c-]cc1.O=COCC(=O)CCCC(=O)O.[Br-].[Mg+2]. The van der Waals surface area contributed by atoms with Gasteiger partial charge in [0.05, 0.1) is 7.11 Å². The van der Waals surface area contributed by atoms with E-state index in [2.05, 4.69) is 15.5 Å². The maximum atomic E-state index is 12.8. The number of aliphatic hydroxyl groups is 1. The predicted octanol–water partition coefficient (Wildman–Crippen LogP) is 0.310. The van der Waals surface area contributed by atoms with E-state index in [1.165, 1.54) is 36.4 Å². The second-order valence-corrected chi connectivity index (χ2v) is 7.52. The third-order valence-corrected chi connectivity index (χ3v) is 4.61. The van der Waals surface area contributed by atoms with Crippen molar-refractivity contribution in [2.75, 3.05) is 13.7 Å². The van der Waals surface area contributed by atoms with E-state index in [1.807, 2.05) is 0 Å². The molecule has 0 aromatic heterocycles. The van der Waals surface area contributed by atoms with Crippen molar-refractivity contribution in [2.45, 2.75) is 51.6 Å². The molecule has 0 radical (unpaired) electrons. The summed E-state index contributed by atoms with van der Waals surface area (Å²) in [4.78, 5) is 52.5. The number of ether oxygens (including phenoxy) is 2. The fourth-order valence-corrected chi connectivity index (χ4v) is 2.76. The zero-order chi connectivity index (χ0) is 29.0. The van der Waals surface area contributed by atoms with Gasteiger partial charge < -0.3 is 41.8 Å². The van der Waals surface area contributed by atoms with Gasteiger partial charge in [0.15, 0.2) is 11.4 Å². The number of carboxylic acid groups (broad SMARTS) is 2. The molecule has 224 valence electrons. The van der Waals surface area contributed by atoms with E-state index in [-0.39, 0.29) is 116 Å². The van der Waals surface area contributed by atoms with Crippen LogP contribution in [-0.2, 0) is 39.0 Å². The first kappa shape index (κ1) is 45.1. The molecular weight excluding hydrogens is 626 g/mol. The molecule has 41 heavy (non-hydrogen) atoms. The molecule has 0 spiro atoms. The van der Waals surface area contributed by atoms with Crippen LogP contribution in [0.2, 0.25) is 0 Å². The maximum Gasteiger partial charge on any atom is 2.00 e. The molecule has 0 aliphatic rings. The fraction of sp³-hybridized carbons (Fsp3) is 0.370. The summed E-state index contributed by atoms with van der Waals surface area (Å²) in [6.07, 6.45) is 0.194. The van der Waals surface area contributed by atoms with Crippen molar-refractivity contribution in [1.82, 2.24) is 0 Å². The van der Waals surface area contributed by atoms with Gasteiger partial charge in [0.2, 0.25) is 0 Å². The number of benzene rings is 2. The number of carboxylic acids is 2. The average Bonchev–Trinajstić information content (AvgIpc) is 2.88. The summed E-state index contributed by atoms with van der Waals surface area (Å²) < 4.78 is 33.4. The molecule has 0 amide bonds. The first-order chi connectivity index (χ1) is 18.0. The van der Waals surface area contributed by atoms with Crippen molar-refractivity contribution in [2.24, 2.45) is 0 Å². The molecule has 0 saturated heterocycles. The number of aliphatic carboxylic acids is 2. The zero-order valence-electron chi connectivity index (χ0n) is 21.7. The summed E-state index contributed by atoms with van der Waals surface area (Å²) in [5.74, 6) is -3.82. The minimum Gasteiger partial charge on any atom is -1.00 e. The van der Waals surface area contributed by atoms with E-state index in [0.29, 0.717) is 0 Å². The van der Waals surface area contributed by atoms with Crippen LogP contribution < -0.4 is 17.0 Å². The minimum atomic E-state index is -1.96. The van der Waals surface area contributed by atoms with Crippen LogP contribution in [0.3, 0.4) is 0 Å². The summed E-state index contributed by atoms with van der Waals surface area (Å²) >= 11 is 0. The Labute approximate surface area is 264 Å². The van der Waals surface area contributed by atoms with Crippen LogP contribution in [-0.4, -0.2) is 82.3 Å². The van der Waals surface area contributed by atoms with E-state index < -0.39 is 29.3 Å². The van der Waals surface area contributed by atoms with Gasteiger partial charge in [0.25, 0.3) is 6.47 Å². The Kier molecular flexibility index (Phi) is 28.6. The first-order valence-electron chi connectivity index (χ1n) is 11.1. The van der Waals surface area contributed by atoms with Gasteiger partial charge in [-0.15, -0.1) is 12.1 Å². The topological polar surface area (TPSA) is 164 Å². The van der Waals surface area contributed by atoms with Crippen LogP contribution in [0.25, 0.3) is 0 Å². The molecule has 0 fully saturated rings. The number of carbonyl (C=O) groups is 5. The molecule has 0 aliphatic heterocycles. The largest absolute Gasteiger partial charge is 2.00 e. The van der Waals surface area contributed by atoms with Gasteiger partial charge in [0.1, 0.15) is 12.4 Å². The quantitative estimate of drug-likeness (QED) is 0.118. The summed E-state index contributed by atoms with van der Waals surface area (Å²) in [6, 6.07) is 13.3. The molecule has 1 unspecified atom stereocenters. The Morgan fingerprint density at radius 2 is 1.39 bits per heavy atom. The molecule has 2 rings (SSSR count). The molecule has 0 bridgehead atoms. The van der Waals surface area contributed by atoms with Gasteiger partial charge in [-0.05, 0) is 37.0 Å². The zero-order valence-corrected chi connectivity index (χ0v) is 24.7. The fourth-order valence-electron chi connectivity index (χ4n) is 2.76. The van der Waals surface area contributed by atoms with Crippen molar-refractivity contribution in [3.05, 3.63) is 71.8 Å². The van der Waals surface area contributed by atoms with E-state index in [4.69, 9.17) is 10.2 Å². The van der Waals surface area contributed by atoms with Crippen molar-refractivity contribution in [3.8, 4) is 0 Å². The van der Waals surface area contributed by atoms with Crippen LogP contribution in [0.15, 0.2) is 48.5 Å². The standard InChI is InChI=1S/C13H15FO5.C7H10O5.C6H4F.CH4.BrH.Mg/c1-19-12(17)13(18,8-2-3-11(15)16)9-4-6-10(14)7-5-9;8-5-12-4-6(9)2-1-3-7(10)11;7-6-4-2-1-3-5-6;;;/h4-7,18H,2-3,8H2,1H3,(H,15,16);5H,1-4H2,(H,10,11);2-5H;1H4;1H;/q;;-1;;;+2/p-1. The number of halogens is 3. The molecular formula is C27H33BrF2MgO10. The minimum absolute atomic E-state index is 0. The van der Waals surface area contributed by atoms with E-state index in [9.17, 15) is 37.9 Å². The van der Waals surface area contributed by atoms with Crippen LogP contribution in [0.5, 0.6) is 0 Å². The summed E-state index contributed by atoms with van der Waals surface area (Å²) in [7, 11) is 1.12. The van der Waals surface area contributed by atoms with Gasteiger partial charge in [0, 0.05) is 25.1 Å². The van der Waals surface area contributed by atoms with Gasteiger partial charge >= 0.3 is 41.0 Å². The van der Waals surface area contributed by atoms with E-state index >= 15 is 0 Å². The molecule has 10 nitrogen and oxygen atoms in total.